The van der Waals surface area contributed by atoms with Gasteiger partial charge in [-0.15, -0.1) is 0 Å². The van der Waals surface area contributed by atoms with Crippen molar-refractivity contribution >= 4 is 31.5 Å². The molecule has 0 aliphatic heterocycles. The average Bonchev–Trinajstić information content (AvgIpc) is 3.18. The summed E-state index contributed by atoms with van der Waals surface area (Å²) in [6, 6.07) is 2.18. The van der Waals surface area contributed by atoms with E-state index >= 15 is 0 Å². The highest BCUT2D eigenvalue weighted by atomic mass is 28.2. The third kappa shape index (κ3) is 41.2. The van der Waals surface area contributed by atoms with Crippen LogP contribution in [-0.4, -0.2) is 31.5 Å². The van der Waals surface area contributed by atoms with Gasteiger partial charge >= 0.3 is 0 Å². The van der Waals surface area contributed by atoms with Crippen LogP contribution in [0.3, 0.4) is 0 Å². The number of rotatable bonds is 46. The first-order valence-corrected chi connectivity index (χ1v) is 30.0. The molecule has 0 saturated carbocycles. The van der Waals surface area contributed by atoms with Crippen LogP contribution >= 0.6 is 0 Å². The lowest BCUT2D eigenvalue weighted by atomic mass is 9.81. The molecule has 0 atom stereocenters. The fourth-order valence-corrected chi connectivity index (χ4v) is 11.8. The average molecular weight is 866 g/mol. The van der Waals surface area contributed by atoms with Gasteiger partial charge in [0.1, 0.15) is 0 Å². The quantitative estimate of drug-likeness (QED) is 0.0452. The Hall–Kier alpha value is -0.626. The summed E-state index contributed by atoms with van der Waals surface area (Å²) in [7, 11) is -1.52. The lowest BCUT2D eigenvalue weighted by Gasteiger charge is -2.24. The Morgan fingerprint density at radius 2 is 0.508 bits per heavy atom. The van der Waals surface area contributed by atoms with Gasteiger partial charge in [-0.05, 0) is 66.9 Å². The Bertz CT molecular complexity index is 805. The van der Waals surface area contributed by atoms with Gasteiger partial charge < -0.3 is 8.85 Å². The molecule has 0 bridgehead atoms. The molecule has 4 nitrogen and oxygen atoms in total. The fraction of sp³-hybridized carbons (Fsp3) is 0.962. The van der Waals surface area contributed by atoms with Crippen LogP contribution in [0, 0.1) is 35.5 Å². The maximum absolute atomic E-state index is 12.1. The number of unbranched alkanes of at least 4 members (excludes halogenated alkanes) is 28. The first-order chi connectivity index (χ1) is 28.6. The zero-order valence-corrected chi connectivity index (χ0v) is 44.5. The zero-order valence-electron chi connectivity index (χ0n) is 41.7. The minimum absolute atomic E-state index is 0.105. The Kier molecular flexibility index (Phi) is 43.5. The van der Waals surface area contributed by atoms with Crippen molar-refractivity contribution in [1.82, 2.24) is 0 Å². The second-order valence-electron chi connectivity index (χ2n) is 20.5. The molecule has 0 fully saturated rings. The van der Waals surface area contributed by atoms with Gasteiger partial charge in [0.2, 0.25) is 19.5 Å². The van der Waals surface area contributed by atoms with Crippen LogP contribution in [0.2, 0.25) is 12.1 Å². The topological polar surface area (TPSA) is 52.6 Å². The van der Waals surface area contributed by atoms with Crippen LogP contribution in [-0.2, 0) is 18.4 Å². The number of hydrogen-bond donors (Lipinski definition) is 0. The van der Waals surface area contributed by atoms with Crippen LogP contribution in [0.1, 0.15) is 280 Å². The molecular formula is C53H108O4Si2. The van der Waals surface area contributed by atoms with Crippen LogP contribution < -0.4 is 0 Å². The van der Waals surface area contributed by atoms with Crippen molar-refractivity contribution in [2.45, 2.75) is 292 Å². The largest absolute Gasteiger partial charge is 0.525 e. The van der Waals surface area contributed by atoms with Gasteiger partial charge in [0.05, 0.1) is 0 Å². The summed E-state index contributed by atoms with van der Waals surface area (Å²) in [5.41, 5.74) is 0. The Labute approximate surface area is 376 Å². The second-order valence-corrected chi connectivity index (χ2v) is 23.3. The Morgan fingerprint density at radius 3 is 0.729 bits per heavy atom. The smallest absolute Gasteiger partial charge is 0.292 e. The number of hydrogen-bond acceptors (Lipinski definition) is 4. The third-order valence-electron chi connectivity index (χ3n) is 13.6. The summed E-state index contributed by atoms with van der Waals surface area (Å²) in [5.74, 6) is 4.92. The molecule has 0 rings (SSSR count). The summed E-state index contributed by atoms with van der Waals surface area (Å²) in [4.78, 5) is 24.2. The predicted octanol–water partition coefficient (Wildman–Crippen LogP) is 16.6. The van der Waals surface area contributed by atoms with Gasteiger partial charge in [-0.1, -0.05) is 248 Å². The maximum atomic E-state index is 12.1. The highest BCUT2D eigenvalue weighted by molar-refractivity contribution is 6.30. The van der Waals surface area contributed by atoms with Crippen molar-refractivity contribution in [2.24, 2.45) is 35.5 Å². The molecule has 6 heteroatoms. The summed E-state index contributed by atoms with van der Waals surface area (Å²) in [6.45, 7) is 19.2. The molecule has 0 heterocycles. The predicted molar refractivity (Wildman–Crippen MR) is 267 cm³/mol. The Morgan fingerprint density at radius 1 is 0.305 bits per heavy atom. The molecular weight excluding hydrogens is 757 g/mol. The molecule has 0 N–H and O–H groups in total. The van der Waals surface area contributed by atoms with Crippen molar-refractivity contribution in [3.63, 3.8) is 0 Å². The highest BCUT2D eigenvalue weighted by Gasteiger charge is 2.17. The van der Waals surface area contributed by atoms with E-state index in [1.807, 2.05) is 0 Å². The summed E-state index contributed by atoms with van der Waals surface area (Å²) < 4.78 is 11.1. The molecule has 0 aliphatic carbocycles. The van der Waals surface area contributed by atoms with Crippen molar-refractivity contribution in [3.05, 3.63) is 0 Å². The van der Waals surface area contributed by atoms with Crippen LogP contribution in [0.4, 0.5) is 0 Å². The number of carbonyl (C=O) groups excluding carboxylic acids is 2. The molecule has 0 spiro atoms. The molecule has 0 unspecified atom stereocenters. The Balaban J connectivity index is 3.33. The van der Waals surface area contributed by atoms with E-state index in [0.717, 1.165) is 47.6 Å². The summed E-state index contributed by atoms with van der Waals surface area (Å²) in [6.07, 6.45) is 45.7. The van der Waals surface area contributed by atoms with Crippen molar-refractivity contribution in [2.75, 3.05) is 0 Å². The van der Waals surface area contributed by atoms with Gasteiger partial charge in [-0.25, -0.2) is 0 Å². The van der Waals surface area contributed by atoms with E-state index in [9.17, 15) is 9.59 Å². The standard InChI is InChI=1S/C53H108O4Si2/c1-46(2)50(47(3)4)40-35-31-27-23-19-15-11-9-13-17-21-25-29-33-37-44-58-56-52(54)42-39-43-53(55)57-59-45-38-34-30-26-22-18-14-10-12-16-20-24-28-32-36-41-51(48(5)6)49(7)8/h46-51H,9-45,58-59H2,1-8H3. The SMILES string of the molecule is CC(C)C(CCCCCCCCCCCCCCCCC[SiH2]OC(=O)CCCC(=O)O[SiH2]CCCCCCCCCCCCCCCCCC(C(C)C)C(C)C)C(C)C. The molecule has 59 heavy (non-hydrogen) atoms. The fourth-order valence-electron chi connectivity index (χ4n) is 9.68. The molecule has 0 radical (unpaired) electrons. The molecule has 0 saturated heterocycles. The van der Waals surface area contributed by atoms with E-state index in [1.54, 1.807) is 0 Å². The van der Waals surface area contributed by atoms with E-state index in [1.165, 1.54) is 205 Å². The molecule has 352 valence electrons. The summed E-state index contributed by atoms with van der Waals surface area (Å²) in [5, 5.41) is 0. The monoisotopic (exact) mass is 865 g/mol. The van der Waals surface area contributed by atoms with Crippen LogP contribution in [0.5, 0.6) is 0 Å². The number of carbonyl (C=O) groups is 2. The van der Waals surface area contributed by atoms with Gasteiger partial charge in [-0.3, -0.25) is 9.59 Å². The maximum Gasteiger partial charge on any atom is 0.292 e. The highest BCUT2D eigenvalue weighted by Crippen LogP contribution is 2.28. The second kappa shape index (κ2) is 44.0. The van der Waals surface area contributed by atoms with E-state index in [-0.39, 0.29) is 11.9 Å². The first kappa shape index (κ1) is 58.4. The lowest BCUT2D eigenvalue weighted by molar-refractivity contribution is -0.136. The molecule has 0 aliphatic rings. The minimum atomic E-state index is -0.760. The zero-order chi connectivity index (χ0) is 43.6. The van der Waals surface area contributed by atoms with Crippen LogP contribution in [0.25, 0.3) is 0 Å². The first-order valence-electron chi connectivity index (χ1n) is 26.9. The lowest BCUT2D eigenvalue weighted by Crippen LogP contribution is -2.15. The van der Waals surface area contributed by atoms with E-state index in [0.29, 0.717) is 19.3 Å². The summed E-state index contributed by atoms with van der Waals surface area (Å²) >= 11 is 0. The van der Waals surface area contributed by atoms with E-state index < -0.39 is 19.5 Å². The minimum Gasteiger partial charge on any atom is -0.525 e. The van der Waals surface area contributed by atoms with Crippen molar-refractivity contribution < 1.29 is 18.4 Å². The van der Waals surface area contributed by atoms with Crippen molar-refractivity contribution in [3.8, 4) is 0 Å². The van der Waals surface area contributed by atoms with E-state index in [2.05, 4.69) is 55.4 Å². The molecule has 0 amide bonds. The van der Waals surface area contributed by atoms with Gasteiger partial charge in [0, 0.05) is 12.8 Å². The van der Waals surface area contributed by atoms with Gasteiger partial charge in [0.25, 0.3) is 11.9 Å². The van der Waals surface area contributed by atoms with Gasteiger partial charge in [-0.2, -0.15) is 0 Å². The van der Waals surface area contributed by atoms with Crippen molar-refractivity contribution in [1.29, 1.82) is 0 Å². The van der Waals surface area contributed by atoms with E-state index in [4.69, 9.17) is 8.85 Å². The third-order valence-corrected chi connectivity index (χ3v) is 16.2. The normalized spacial score (nSPS) is 12.4. The molecule has 0 aromatic heterocycles. The van der Waals surface area contributed by atoms with Gasteiger partial charge in [0.15, 0.2) is 0 Å². The molecule has 0 aromatic carbocycles. The molecule has 0 aromatic rings. The van der Waals surface area contributed by atoms with Crippen LogP contribution in [0.15, 0.2) is 0 Å².